The first kappa shape index (κ1) is 14.0. The number of halogens is 1. The SMILES string of the molecule is CN(C)CC1CC(O)CN1c1ccc(F)cc1C=O. The number of rotatable bonds is 4. The lowest BCUT2D eigenvalue weighted by molar-refractivity contribution is 0.112. The summed E-state index contributed by atoms with van der Waals surface area (Å²) < 4.78 is 13.2. The first-order chi connectivity index (χ1) is 9.01. The van der Waals surface area contributed by atoms with E-state index in [1.165, 1.54) is 12.1 Å². The molecule has 1 heterocycles. The molecule has 0 aliphatic carbocycles. The van der Waals surface area contributed by atoms with Gasteiger partial charge in [0.05, 0.1) is 6.10 Å². The Morgan fingerprint density at radius 1 is 1.53 bits per heavy atom. The van der Waals surface area contributed by atoms with E-state index in [-0.39, 0.29) is 6.04 Å². The molecule has 4 nitrogen and oxygen atoms in total. The number of benzene rings is 1. The average molecular weight is 266 g/mol. The van der Waals surface area contributed by atoms with Crippen molar-refractivity contribution < 1.29 is 14.3 Å². The topological polar surface area (TPSA) is 43.8 Å². The molecule has 104 valence electrons. The molecule has 0 amide bonds. The summed E-state index contributed by atoms with van der Waals surface area (Å²) in [4.78, 5) is 15.1. The molecule has 2 atom stereocenters. The highest BCUT2D eigenvalue weighted by molar-refractivity contribution is 5.84. The van der Waals surface area contributed by atoms with Crippen LogP contribution >= 0.6 is 0 Å². The van der Waals surface area contributed by atoms with Crippen LogP contribution in [0.4, 0.5) is 10.1 Å². The van der Waals surface area contributed by atoms with Gasteiger partial charge in [-0.15, -0.1) is 0 Å². The standard InChI is InChI=1S/C14H19FN2O2/c1-16(2)7-12-6-13(19)8-17(12)14-4-3-11(15)5-10(14)9-18/h3-5,9,12-13,19H,6-8H2,1-2H3. The van der Waals surface area contributed by atoms with Gasteiger partial charge in [-0.1, -0.05) is 0 Å². The highest BCUT2D eigenvalue weighted by Crippen LogP contribution is 2.29. The molecular weight excluding hydrogens is 247 g/mol. The van der Waals surface area contributed by atoms with Crippen molar-refractivity contribution in [2.75, 3.05) is 32.1 Å². The summed E-state index contributed by atoms with van der Waals surface area (Å²) in [7, 11) is 3.93. The monoisotopic (exact) mass is 266 g/mol. The molecule has 19 heavy (non-hydrogen) atoms. The van der Waals surface area contributed by atoms with E-state index in [1.54, 1.807) is 6.07 Å². The molecule has 1 aromatic rings. The Kier molecular flexibility index (Phi) is 4.17. The van der Waals surface area contributed by atoms with E-state index in [1.807, 2.05) is 23.9 Å². The Balaban J connectivity index is 2.30. The predicted octanol–water partition coefficient (Wildman–Crippen LogP) is 1.14. The summed E-state index contributed by atoms with van der Waals surface area (Å²) in [6.07, 6.45) is 0.915. The third kappa shape index (κ3) is 3.11. The molecule has 0 aromatic heterocycles. The first-order valence-electron chi connectivity index (χ1n) is 6.35. The Bertz CT molecular complexity index is 465. The molecule has 1 fully saturated rings. The number of hydrogen-bond donors (Lipinski definition) is 1. The number of β-amino-alcohol motifs (C(OH)–C–C–N with tert-alkyl or cyclic N) is 1. The van der Waals surface area contributed by atoms with Crippen LogP contribution in [-0.2, 0) is 0 Å². The van der Waals surface area contributed by atoms with Gasteiger partial charge in [0.1, 0.15) is 5.82 Å². The number of likely N-dealkylation sites (N-methyl/N-ethyl adjacent to an activating group) is 1. The zero-order valence-electron chi connectivity index (χ0n) is 11.2. The molecule has 0 saturated carbocycles. The minimum Gasteiger partial charge on any atom is -0.391 e. The van der Waals surface area contributed by atoms with Crippen LogP contribution in [0.15, 0.2) is 18.2 Å². The van der Waals surface area contributed by atoms with Crippen LogP contribution in [-0.4, -0.2) is 55.6 Å². The molecule has 0 spiro atoms. The van der Waals surface area contributed by atoms with Crippen molar-refractivity contribution in [3.63, 3.8) is 0 Å². The van der Waals surface area contributed by atoms with Crippen LogP contribution in [0.25, 0.3) is 0 Å². The van der Waals surface area contributed by atoms with E-state index in [4.69, 9.17) is 0 Å². The summed E-state index contributed by atoms with van der Waals surface area (Å²) in [5.74, 6) is -0.422. The van der Waals surface area contributed by atoms with Gasteiger partial charge in [-0.3, -0.25) is 4.79 Å². The van der Waals surface area contributed by atoms with Crippen molar-refractivity contribution >= 4 is 12.0 Å². The number of carbonyl (C=O) groups is 1. The second-order valence-corrected chi connectivity index (χ2v) is 5.28. The van der Waals surface area contributed by atoms with Crippen molar-refractivity contribution in [2.45, 2.75) is 18.6 Å². The lowest BCUT2D eigenvalue weighted by Gasteiger charge is -2.29. The van der Waals surface area contributed by atoms with Gasteiger partial charge in [-0.25, -0.2) is 4.39 Å². The van der Waals surface area contributed by atoms with E-state index >= 15 is 0 Å². The molecule has 1 saturated heterocycles. The molecule has 2 unspecified atom stereocenters. The largest absolute Gasteiger partial charge is 0.391 e. The van der Waals surface area contributed by atoms with Gasteiger partial charge in [-0.2, -0.15) is 0 Å². The molecule has 1 aromatic carbocycles. The van der Waals surface area contributed by atoms with Gasteiger partial charge >= 0.3 is 0 Å². The van der Waals surface area contributed by atoms with Crippen molar-refractivity contribution in [3.8, 4) is 0 Å². The van der Waals surface area contributed by atoms with Gasteiger partial charge in [-0.05, 0) is 38.7 Å². The van der Waals surface area contributed by atoms with E-state index in [2.05, 4.69) is 0 Å². The maximum Gasteiger partial charge on any atom is 0.152 e. The fourth-order valence-corrected chi connectivity index (χ4v) is 2.66. The second-order valence-electron chi connectivity index (χ2n) is 5.28. The zero-order chi connectivity index (χ0) is 14.0. The average Bonchev–Trinajstić information content (AvgIpc) is 2.69. The molecule has 0 radical (unpaired) electrons. The van der Waals surface area contributed by atoms with Gasteiger partial charge in [0, 0.05) is 30.4 Å². The molecule has 5 heteroatoms. The number of nitrogens with zero attached hydrogens (tertiary/aromatic N) is 2. The number of hydrogen-bond acceptors (Lipinski definition) is 4. The summed E-state index contributed by atoms with van der Waals surface area (Å²) in [5, 5.41) is 9.84. The van der Waals surface area contributed by atoms with E-state index in [0.717, 1.165) is 6.54 Å². The molecule has 1 aliphatic heterocycles. The fourth-order valence-electron chi connectivity index (χ4n) is 2.66. The Morgan fingerprint density at radius 2 is 2.26 bits per heavy atom. The number of anilines is 1. The van der Waals surface area contributed by atoms with Crippen LogP contribution in [0.2, 0.25) is 0 Å². The highest BCUT2D eigenvalue weighted by Gasteiger charge is 2.32. The summed E-state index contributed by atoms with van der Waals surface area (Å²) in [5.41, 5.74) is 1.03. The molecule has 2 rings (SSSR count). The van der Waals surface area contributed by atoms with Crippen LogP contribution in [0.3, 0.4) is 0 Å². The van der Waals surface area contributed by atoms with Crippen molar-refractivity contribution in [1.29, 1.82) is 0 Å². The molecular formula is C14H19FN2O2. The van der Waals surface area contributed by atoms with E-state index < -0.39 is 11.9 Å². The third-order valence-electron chi connectivity index (χ3n) is 3.39. The van der Waals surface area contributed by atoms with E-state index in [9.17, 15) is 14.3 Å². The van der Waals surface area contributed by atoms with Crippen LogP contribution in [0.1, 0.15) is 16.8 Å². The van der Waals surface area contributed by atoms with Crippen LogP contribution in [0, 0.1) is 5.82 Å². The highest BCUT2D eigenvalue weighted by atomic mass is 19.1. The summed E-state index contributed by atoms with van der Waals surface area (Å²) in [6.45, 7) is 1.26. The van der Waals surface area contributed by atoms with Gasteiger partial charge < -0.3 is 14.9 Å². The van der Waals surface area contributed by atoms with Gasteiger partial charge in [0.15, 0.2) is 6.29 Å². The van der Waals surface area contributed by atoms with Gasteiger partial charge in [0.25, 0.3) is 0 Å². The number of aliphatic hydroxyl groups is 1. The maximum atomic E-state index is 13.2. The van der Waals surface area contributed by atoms with Crippen molar-refractivity contribution in [1.82, 2.24) is 4.90 Å². The Labute approximate surface area is 112 Å². The third-order valence-corrected chi connectivity index (χ3v) is 3.39. The predicted molar refractivity (Wildman–Crippen MR) is 72.1 cm³/mol. The fraction of sp³-hybridized carbons (Fsp3) is 0.500. The maximum absolute atomic E-state index is 13.2. The minimum atomic E-state index is -0.422. The smallest absolute Gasteiger partial charge is 0.152 e. The minimum absolute atomic E-state index is 0.133. The Hall–Kier alpha value is -1.46. The van der Waals surface area contributed by atoms with Crippen molar-refractivity contribution in [3.05, 3.63) is 29.6 Å². The first-order valence-corrected chi connectivity index (χ1v) is 6.35. The molecule has 0 bridgehead atoms. The van der Waals surface area contributed by atoms with E-state index in [0.29, 0.717) is 30.5 Å². The second kappa shape index (κ2) is 5.67. The zero-order valence-corrected chi connectivity index (χ0v) is 11.2. The number of carbonyl (C=O) groups excluding carboxylic acids is 1. The quantitative estimate of drug-likeness (QED) is 0.830. The van der Waals surface area contributed by atoms with Crippen LogP contribution in [0.5, 0.6) is 0 Å². The normalized spacial score (nSPS) is 23.1. The summed E-state index contributed by atoms with van der Waals surface area (Å²) in [6, 6.07) is 4.33. The molecule has 1 aliphatic rings. The lowest BCUT2D eigenvalue weighted by Crippen LogP contribution is -2.38. The van der Waals surface area contributed by atoms with Crippen molar-refractivity contribution in [2.24, 2.45) is 0 Å². The summed E-state index contributed by atoms with van der Waals surface area (Å²) >= 11 is 0. The number of aliphatic hydroxyl groups excluding tert-OH is 1. The van der Waals surface area contributed by atoms with Crippen LogP contribution < -0.4 is 4.90 Å². The Morgan fingerprint density at radius 3 is 2.89 bits per heavy atom. The van der Waals surface area contributed by atoms with Gasteiger partial charge in [0.2, 0.25) is 0 Å². The number of aldehydes is 1. The lowest BCUT2D eigenvalue weighted by atomic mass is 10.1. The molecule has 1 N–H and O–H groups in total.